The van der Waals surface area contributed by atoms with Gasteiger partial charge < -0.3 is 34.3 Å². The van der Waals surface area contributed by atoms with Gasteiger partial charge >= 0.3 is 5.97 Å². The number of hydrogen-bond acceptors (Lipinski definition) is 8. The minimum absolute atomic E-state index is 0.0281. The first kappa shape index (κ1) is 43.8. The molecule has 0 aromatic heterocycles. The summed E-state index contributed by atoms with van der Waals surface area (Å²) >= 11 is 0. The van der Waals surface area contributed by atoms with E-state index >= 15 is 0 Å². The van der Waals surface area contributed by atoms with E-state index in [0.717, 1.165) is 19.3 Å². The molecule has 0 aromatic carbocycles. The standard InChI is InChI=1S/C45H76O9/c1-13-33(37(47)30(9)29(8)31(10)38-25(4)22-26(5)39(52-38)34(14-2)41(48)49)40-27(6)23-28(7)44(53-40)19-16-35(46)45(24-44)21-20-42(12,54-45)36-17-18-43(50,15-3)32(11)51-36/h16,19,25-36,38-40,46,50H,13-15,17-18,20-24H2,1-12H3,(H,48,49)/t25-,26-,27-,28+,29+,30-,31-,32-,33-,34+,35?,36?,38?,39?,40?,42-,43+,44-,45?/m0/s1. The van der Waals surface area contributed by atoms with Crippen molar-refractivity contribution in [3.63, 3.8) is 0 Å². The molecular formula is C45H76O9. The van der Waals surface area contributed by atoms with Gasteiger partial charge in [-0.2, -0.15) is 0 Å². The Balaban J connectivity index is 1.32. The molecule has 0 saturated carbocycles. The van der Waals surface area contributed by atoms with Crippen LogP contribution in [0.1, 0.15) is 147 Å². The number of carboxylic acids is 1. The van der Waals surface area contributed by atoms with Gasteiger partial charge in [-0.05, 0) is 107 Å². The highest BCUT2D eigenvalue weighted by Gasteiger charge is 2.62. The molecule has 3 N–H and O–H groups in total. The van der Waals surface area contributed by atoms with E-state index in [9.17, 15) is 24.9 Å². The molecule has 0 aromatic rings. The summed E-state index contributed by atoms with van der Waals surface area (Å²) in [6.45, 7) is 25.2. The van der Waals surface area contributed by atoms with Crippen LogP contribution in [0.15, 0.2) is 12.2 Å². The molecule has 6 unspecified atom stereocenters. The molecule has 0 bridgehead atoms. The fraction of sp³-hybridized carbons (Fsp3) is 0.911. The second-order valence-electron chi connectivity index (χ2n) is 19.4. The van der Waals surface area contributed by atoms with Gasteiger partial charge in [0, 0.05) is 18.3 Å². The first-order valence-electron chi connectivity index (χ1n) is 21.8. The lowest BCUT2D eigenvalue weighted by molar-refractivity contribution is -0.259. The summed E-state index contributed by atoms with van der Waals surface area (Å²) in [6, 6.07) is 0. The molecule has 310 valence electrons. The maximum atomic E-state index is 14.7. The molecular weight excluding hydrogens is 684 g/mol. The van der Waals surface area contributed by atoms with Crippen LogP contribution in [-0.2, 0) is 28.5 Å². The number of aliphatic hydroxyl groups is 2. The van der Waals surface area contributed by atoms with Gasteiger partial charge in [-0.25, -0.2) is 0 Å². The van der Waals surface area contributed by atoms with Gasteiger partial charge in [-0.1, -0.05) is 81.4 Å². The van der Waals surface area contributed by atoms with Gasteiger partial charge in [0.2, 0.25) is 0 Å². The largest absolute Gasteiger partial charge is 0.481 e. The van der Waals surface area contributed by atoms with Crippen LogP contribution in [0.4, 0.5) is 0 Å². The number of ether oxygens (including phenoxy) is 4. The van der Waals surface area contributed by atoms with Crippen LogP contribution in [0.25, 0.3) is 0 Å². The maximum absolute atomic E-state index is 14.7. The number of carbonyl (C=O) groups is 2. The van der Waals surface area contributed by atoms with Crippen LogP contribution in [0.2, 0.25) is 0 Å². The van der Waals surface area contributed by atoms with E-state index in [0.29, 0.717) is 44.9 Å². The van der Waals surface area contributed by atoms with Gasteiger partial charge in [0.15, 0.2) is 0 Å². The summed E-state index contributed by atoms with van der Waals surface area (Å²) in [5, 5.41) is 32.6. The Kier molecular flexibility index (Phi) is 13.4. The van der Waals surface area contributed by atoms with E-state index in [1.54, 1.807) is 0 Å². The van der Waals surface area contributed by atoms with Crippen molar-refractivity contribution in [1.29, 1.82) is 0 Å². The minimum atomic E-state index is -0.833. The van der Waals surface area contributed by atoms with Gasteiger partial charge in [0.05, 0.1) is 53.2 Å². The number of carbonyl (C=O) groups excluding carboxylic acids is 1. The Morgan fingerprint density at radius 3 is 2.07 bits per heavy atom. The molecule has 9 nitrogen and oxygen atoms in total. The van der Waals surface area contributed by atoms with Crippen LogP contribution >= 0.6 is 0 Å². The molecule has 4 fully saturated rings. The molecule has 19 atom stereocenters. The molecule has 1 aliphatic carbocycles. The first-order valence-corrected chi connectivity index (χ1v) is 21.8. The van der Waals surface area contributed by atoms with Gasteiger partial charge in [0.1, 0.15) is 17.5 Å². The van der Waals surface area contributed by atoms with Crippen molar-refractivity contribution in [2.75, 3.05) is 0 Å². The minimum Gasteiger partial charge on any atom is -0.481 e. The number of hydrogen-bond donors (Lipinski definition) is 3. The smallest absolute Gasteiger partial charge is 0.309 e. The average molecular weight is 761 g/mol. The number of carboxylic acid groups (broad SMARTS) is 1. The molecule has 0 amide bonds. The predicted octanol–water partition coefficient (Wildman–Crippen LogP) is 8.17. The molecule has 4 heterocycles. The van der Waals surface area contributed by atoms with Crippen molar-refractivity contribution in [3.05, 3.63) is 12.2 Å². The maximum Gasteiger partial charge on any atom is 0.309 e. The third-order valence-corrected chi connectivity index (χ3v) is 16.0. The molecule has 5 aliphatic rings. The Hall–Kier alpha value is -1.36. The number of aliphatic hydroxyl groups excluding tert-OH is 1. The second kappa shape index (κ2) is 16.5. The zero-order valence-corrected chi connectivity index (χ0v) is 35.7. The monoisotopic (exact) mass is 761 g/mol. The Morgan fingerprint density at radius 1 is 0.852 bits per heavy atom. The normalized spacial score (nSPS) is 46.9. The zero-order chi connectivity index (χ0) is 40.1. The highest BCUT2D eigenvalue weighted by molar-refractivity contribution is 5.84. The van der Waals surface area contributed by atoms with Gasteiger partial charge in [-0.3, -0.25) is 9.59 Å². The van der Waals surface area contributed by atoms with Crippen molar-refractivity contribution >= 4 is 11.8 Å². The van der Waals surface area contributed by atoms with Crippen molar-refractivity contribution in [2.24, 2.45) is 53.3 Å². The van der Waals surface area contributed by atoms with E-state index in [2.05, 4.69) is 68.4 Å². The van der Waals surface area contributed by atoms with E-state index < -0.39 is 40.4 Å². The van der Waals surface area contributed by atoms with Crippen molar-refractivity contribution in [3.8, 4) is 0 Å². The summed E-state index contributed by atoms with van der Waals surface area (Å²) in [6.07, 6.45) is 8.88. The number of rotatable bonds is 12. The lowest BCUT2D eigenvalue weighted by atomic mass is 9.65. The highest BCUT2D eigenvalue weighted by Crippen LogP contribution is 2.55. The van der Waals surface area contributed by atoms with E-state index in [-0.39, 0.29) is 83.6 Å². The molecule has 4 saturated heterocycles. The Labute approximate surface area is 326 Å². The third kappa shape index (κ3) is 7.90. The van der Waals surface area contributed by atoms with Crippen LogP contribution in [0, 0.1) is 53.3 Å². The SMILES string of the molecule is CC[C@@H](C(=O)O)C1OC([C@@H](C)[C@H](C)[C@H](C)C(=O)[C@H](CC)C2O[C@]3(C=CC(O)C4(CC[C@@](C)(C5CC[C@](O)(CC)[C@H](C)O5)O4)C3)[C@H](C)C[C@@H]2C)[C@@H](C)C[C@@H]1C. The lowest BCUT2D eigenvalue weighted by Gasteiger charge is -2.55. The van der Waals surface area contributed by atoms with Gasteiger partial charge in [-0.15, -0.1) is 0 Å². The van der Waals surface area contributed by atoms with Crippen LogP contribution in [0.5, 0.6) is 0 Å². The summed E-state index contributed by atoms with van der Waals surface area (Å²) in [7, 11) is 0. The lowest BCUT2D eigenvalue weighted by Crippen LogP contribution is -2.61. The summed E-state index contributed by atoms with van der Waals surface area (Å²) in [5.74, 6) is -0.787. The van der Waals surface area contributed by atoms with E-state index in [1.807, 2.05) is 26.8 Å². The quantitative estimate of drug-likeness (QED) is 0.169. The van der Waals surface area contributed by atoms with Crippen molar-refractivity contribution in [2.45, 2.75) is 206 Å². The average Bonchev–Trinajstić information content (AvgIpc) is 3.47. The zero-order valence-electron chi connectivity index (χ0n) is 35.7. The Bertz CT molecular complexity index is 1350. The van der Waals surface area contributed by atoms with Crippen molar-refractivity contribution in [1.82, 2.24) is 0 Å². The Morgan fingerprint density at radius 2 is 1.48 bits per heavy atom. The summed E-state index contributed by atoms with van der Waals surface area (Å²) in [4.78, 5) is 26.8. The molecule has 4 aliphatic heterocycles. The fourth-order valence-electron chi connectivity index (χ4n) is 11.8. The van der Waals surface area contributed by atoms with Crippen LogP contribution < -0.4 is 0 Å². The summed E-state index contributed by atoms with van der Waals surface area (Å²) < 4.78 is 27.5. The fourth-order valence-corrected chi connectivity index (χ4v) is 11.8. The molecule has 9 heteroatoms. The van der Waals surface area contributed by atoms with E-state index in [4.69, 9.17) is 18.9 Å². The third-order valence-electron chi connectivity index (χ3n) is 16.0. The van der Waals surface area contributed by atoms with Gasteiger partial charge in [0.25, 0.3) is 0 Å². The molecule has 2 spiro atoms. The topological polar surface area (TPSA) is 132 Å². The molecule has 5 rings (SSSR count). The molecule has 54 heavy (non-hydrogen) atoms. The number of ketones is 1. The molecule has 0 radical (unpaired) electrons. The predicted molar refractivity (Wildman–Crippen MR) is 210 cm³/mol. The summed E-state index contributed by atoms with van der Waals surface area (Å²) in [5.41, 5.74) is -2.95. The van der Waals surface area contributed by atoms with Crippen LogP contribution in [-0.4, -0.2) is 86.1 Å². The van der Waals surface area contributed by atoms with Crippen LogP contribution in [0.3, 0.4) is 0 Å². The van der Waals surface area contributed by atoms with Crippen molar-refractivity contribution < 1.29 is 43.9 Å². The number of Topliss-reactive ketones (excluding diaryl/α,β-unsaturated/α-hetero) is 1. The first-order chi connectivity index (χ1) is 25.2. The second-order valence-corrected chi connectivity index (χ2v) is 19.4. The number of aliphatic carboxylic acids is 1. The highest BCUT2D eigenvalue weighted by atomic mass is 16.6. The van der Waals surface area contributed by atoms with E-state index in [1.165, 1.54) is 0 Å².